The molecule has 0 spiro atoms. The van der Waals surface area contributed by atoms with Gasteiger partial charge in [0, 0.05) is 22.5 Å². The van der Waals surface area contributed by atoms with Crippen LogP contribution >= 0.6 is 11.3 Å². The molecule has 0 unspecified atom stereocenters. The third-order valence-electron chi connectivity index (χ3n) is 6.09. The van der Waals surface area contributed by atoms with Gasteiger partial charge in [0.2, 0.25) is 0 Å². The quantitative estimate of drug-likeness (QED) is 0.336. The molecule has 7 nitrogen and oxygen atoms in total. The Morgan fingerprint density at radius 3 is 2.59 bits per heavy atom. The lowest BCUT2D eigenvalue weighted by Gasteiger charge is -2.27. The Kier molecular flexibility index (Phi) is 4.43. The number of rotatable bonds is 4. The van der Waals surface area contributed by atoms with Crippen LogP contribution in [-0.2, 0) is 16.9 Å². The lowest BCUT2D eigenvalue weighted by atomic mass is 9.89. The fourth-order valence-electron chi connectivity index (χ4n) is 4.39. The van der Waals surface area contributed by atoms with Gasteiger partial charge in [-0.3, -0.25) is 10.1 Å². The minimum absolute atomic E-state index is 0.0762. The van der Waals surface area contributed by atoms with Gasteiger partial charge in [-0.05, 0) is 35.9 Å². The largest absolute Gasteiger partial charge is 0.494 e. The minimum atomic E-state index is -1.45. The normalized spacial score (nSPS) is 17.9. The molecule has 3 N–H and O–H groups in total. The molecule has 1 fully saturated rings. The van der Waals surface area contributed by atoms with Crippen molar-refractivity contribution in [2.24, 2.45) is 0 Å². The van der Waals surface area contributed by atoms with Gasteiger partial charge in [-0.15, -0.1) is 11.3 Å². The molecule has 1 aliphatic rings. The molecule has 0 aliphatic carbocycles. The number of nitrogens with one attached hydrogen (secondary N) is 2. The van der Waals surface area contributed by atoms with Crippen LogP contribution < -0.4 is 10.6 Å². The maximum absolute atomic E-state index is 13.7. The summed E-state index contributed by atoms with van der Waals surface area (Å²) in [4.78, 5) is 29.8. The molecule has 3 aromatic carbocycles. The van der Waals surface area contributed by atoms with E-state index in [1.165, 1.54) is 16.7 Å². The molecule has 0 saturated carbocycles. The number of halogens is 1. The summed E-state index contributed by atoms with van der Waals surface area (Å²) in [6, 6.07) is 18.6. The molecule has 1 aliphatic heterocycles. The van der Waals surface area contributed by atoms with Gasteiger partial charge in [0.1, 0.15) is 10.8 Å². The van der Waals surface area contributed by atoms with Gasteiger partial charge in [0.25, 0.3) is 5.91 Å². The second kappa shape index (κ2) is 7.39. The molecule has 34 heavy (non-hydrogen) atoms. The summed E-state index contributed by atoms with van der Waals surface area (Å²) in [7, 11) is 0. The first-order chi connectivity index (χ1) is 16.4. The van der Waals surface area contributed by atoms with Gasteiger partial charge in [0.15, 0.2) is 11.4 Å². The maximum Gasteiger partial charge on any atom is 0.322 e. The highest BCUT2D eigenvalue weighted by Gasteiger charge is 2.48. The molecule has 0 bridgehead atoms. The Hall–Kier alpha value is -4.24. The van der Waals surface area contributed by atoms with Crippen LogP contribution in [0.1, 0.15) is 5.56 Å². The van der Waals surface area contributed by atoms with Gasteiger partial charge in [0.05, 0.1) is 16.8 Å². The van der Waals surface area contributed by atoms with Gasteiger partial charge in [-0.2, -0.15) is 0 Å². The zero-order chi connectivity index (χ0) is 23.4. The highest BCUT2D eigenvalue weighted by Crippen LogP contribution is 2.35. The lowest BCUT2D eigenvalue weighted by molar-refractivity contribution is -0.124. The summed E-state index contributed by atoms with van der Waals surface area (Å²) in [6.45, 7) is -0.0762. The first-order valence-electron chi connectivity index (χ1n) is 10.5. The molecule has 168 valence electrons. The number of aromatic hydroxyl groups is 1. The van der Waals surface area contributed by atoms with Crippen LogP contribution in [0.2, 0.25) is 0 Å². The third kappa shape index (κ3) is 3.12. The van der Waals surface area contributed by atoms with Crippen LogP contribution in [0.3, 0.4) is 0 Å². The molecule has 2 aromatic heterocycles. The van der Waals surface area contributed by atoms with Crippen LogP contribution in [0.4, 0.5) is 9.18 Å². The molecule has 3 amide bonds. The zero-order valence-electron chi connectivity index (χ0n) is 17.6. The lowest BCUT2D eigenvalue weighted by Crippen LogP contribution is -2.47. The second-order valence-corrected chi connectivity index (χ2v) is 9.22. The number of fused-ring (bicyclic) bond motifs is 2. The van der Waals surface area contributed by atoms with Gasteiger partial charge in [-0.1, -0.05) is 36.4 Å². The molecular weight excluding hydrogens is 455 g/mol. The Bertz CT molecular complexity index is 1580. The predicted octanol–water partition coefficient (Wildman–Crippen LogP) is 4.50. The van der Waals surface area contributed by atoms with E-state index in [1.54, 1.807) is 35.7 Å². The first kappa shape index (κ1) is 20.4. The van der Waals surface area contributed by atoms with Crippen molar-refractivity contribution in [1.29, 1.82) is 0 Å². The number of aromatic nitrogens is 2. The average Bonchev–Trinajstić information content (AvgIpc) is 3.48. The number of hydrogen-bond acceptors (Lipinski definition) is 5. The number of amides is 3. The molecule has 1 saturated heterocycles. The number of carbonyl (C=O) groups is 2. The number of para-hydroxylation sites is 1. The van der Waals surface area contributed by atoms with Crippen molar-refractivity contribution in [3.63, 3.8) is 0 Å². The van der Waals surface area contributed by atoms with E-state index < -0.39 is 23.3 Å². The van der Waals surface area contributed by atoms with Gasteiger partial charge in [-0.25, -0.2) is 14.2 Å². The Labute approximate surface area is 196 Å². The predicted molar refractivity (Wildman–Crippen MR) is 127 cm³/mol. The average molecular weight is 473 g/mol. The number of benzene rings is 3. The van der Waals surface area contributed by atoms with Crippen molar-refractivity contribution in [2.45, 2.75) is 12.1 Å². The molecule has 9 heteroatoms. The topological polar surface area (TPSA) is 96.2 Å². The molecule has 5 aromatic rings. The third-order valence-corrected chi connectivity index (χ3v) is 7.18. The van der Waals surface area contributed by atoms with Gasteiger partial charge < -0.3 is 15.0 Å². The SMILES string of the molecule is O=C1NC(=O)[C@](Cn2cc3ccc(F)cc3c2O)(c2ccc(-c3nc4ccccc4s3)cc2)N1. The van der Waals surface area contributed by atoms with Crippen LogP contribution in [-0.4, -0.2) is 26.6 Å². The van der Waals surface area contributed by atoms with Crippen molar-refractivity contribution < 1.29 is 19.1 Å². The van der Waals surface area contributed by atoms with E-state index in [0.29, 0.717) is 16.3 Å². The van der Waals surface area contributed by atoms with Crippen LogP contribution in [0.25, 0.3) is 31.6 Å². The smallest absolute Gasteiger partial charge is 0.322 e. The van der Waals surface area contributed by atoms with E-state index in [1.807, 2.05) is 36.4 Å². The Morgan fingerprint density at radius 1 is 1.06 bits per heavy atom. The molecule has 3 heterocycles. The summed E-state index contributed by atoms with van der Waals surface area (Å²) in [5.41, 5.74) is 0.893. The molecular formula is C25H17FN4O3S. The highest BCUT2D eigenvalue weighted by atomic mass is 32.1. The summed E-state index contributed by atoms with van der Waals surface area (Å²) in [5.74, 6) is -1.20. The maximum atomic E-state index is 13.7. The zero-order valence-corrected chi connectivity index (χ0v) is 18.4. The number of imide groups is 1. The van der Waals surface area contributed by atoms with Crippen LogP contribution in [0.15, 0.2) is 72.9 Å². The molecule has 1 atom stereocenters. The molecule has 6 rings (SSSR count). The van der Waals surface area contributed by atoms with E-state index in [-0.39, 0.29) is 12.4 Å². The minimum Gasteiger partial charge on any atom is -0.494 e. The van der Waals surface area contributed by atoms with Gasteiger partial charge >= 0.3 is 6.03 Å². The van der Waals surface area contributed by atoms with E-state index in [9.17, 15) is 19.1 Å². The van der Waals surface area contributed by atoms with Crippen LogP contribution in [0, 0.1) is 5.82 Å². The summed E-state index contributed by atoms with van der Waals surface area (Å²) < 4.78 is 16.2. The Morgan fingerprint density at radius 2 is 1.85 bits per heavy atom. The van der Waals surface area contributed by atoms with E-state index in [2.05, 4.69) is 15.6 Å². The van der Waals surface area contributed by atoms with E-state index in [4.69, 9.17) is 0 Å². The number of thiazole rings is 1. The van der Waals surface area contributed by atoms with Crippen LogP contribution in [0.5, 0.6) is 5.88 Å². The van der Waals surface area contributed by atoms with Crippen molar-refractivity contribution in [1.82, 2.24) is 20.2 Å². The fourth-order valence-corrected chi connectivity index (χ4v) is 5.36. The van der Waals surface area contributed by atoms with E-state index >= 15 is 0 Å². The number of urea groups is 1. The van der Waals surface area contributed by atoms with Crippen molar-refractivity contribution in [3.8, 4) is 16.5 Å². The van der Waals surface area contributed by atoms with Crippen molar-refractivity contribution in [3.05, 3.63) is 84.3 Å². The monoisotopic (exact) mass is 472 g/mol. The van der Waals surface area contributed by atoms with Crippen molar-refractivity contribution >= 4 is 44.3 Å². The number of hydrogen-bond donors (Lipinski definition) is 3. The first-order valence-corrected chi connectivity index (χ1v) is 11.3. The highest BCUT2D eigenvalue weighted by molar-refractivity contribution is 7.21. The fraction of sp³-hybridized carbons (Fsp3) is 0.0800. The summed E-state index contributed by atoms with van der Waals surface area (Å²) >= 11 is 1.57. The Balaban J connectivity index is 1.41. The standard InChI is InChI=1S/C25H17FN4O3S/c26-17-10-7-15-12-30(22(31)18(15)11-17)13-25(23(32)28-24(33)29-25)16-8-5-14(6-9-16)21-27-19-3-1-2-4-20(19)34-21/h1-12,31H,13H2,(H2,28,29,32,33)/t25-/m0/s1. The summed E-state index contributed by atoms with van der Waals surface area (Å²) in [6.07, 6.45) is 1.62. The second-order valence-electron chi connectivity index (χ2n) is 8.19. The summed E-state index contributed by atoms with van der Waals surface area (Å²) in [5, 5.41) is 17.5. The number of carbonyl (C=O) groups excluding carboxylic acids is 2. The van der Waals surface area contributed by atoms with E-state index in [0.717, 1.165) is 20.8 Å². The number of nitrogens with zero attached hydrogens (tertiary/aromatic N) is 2. The van der Waals surface area contributed by atoms with Crippen molar-refractivity contribution in [2.75, 3.05) is 0 Å². The molecule has 0 radical (unpaired) electrons.